The van der Waals surface area contributed by atoms with Gasteiger partial charge in [0.15, 0.2) is 0 Å². The van der Waals surface area contributed by atoms with Crippen molar-refractivity contribution < 1.29 is 4.79 Å². The van der Waals surface area contributed by atoms with Crippen LogP contribution in [0.1, 0.15) is 38.2 Å². The first-order valence-electron chi connectivity index (χ1n) is 6.52. The Labute approximate surface area is 118 Å². The molecule has 0 bridgehead atoms. The molecule has 1 saturated carbocycles. The van der Waals surface area contributed by atoms with Crippen LogP contribution in [0.2, 0.25) is 5.02 Å². The largest absolute Gasteiger partial charge is 0.335 e. The molecule has 2 rings (SSSR count). The quantitative estimate of drug-likeness (QED) is 0.647. The first kappa shape index (κ1) is 13.9. The molecule has 2 N–H and O–H groups in total. The van der Waals surface area contributed by atoms with Crippen molar-refractivity contribution in [2.45, 2.75) is 38.6 Å². The molecule has 19 heavy (non-hydrogen) atoms. The van der Waals surface area contributed by atoms with Gasteiger partial charge in [0.05, 0.1) is 5.71 Å². The van der Waals surface area contributed by atoms with Gasteiger partial charge in [-0.25, -0.2) is 10.2 Å². The van der Waals surface area contributed by atoms with Crippen molar-refractivity contribution >= 4 is 23.3 Å². The molecule has 0 saturated heterocycles. The third kappa shape index (κ3) is 4.24. The van der Waals surface area contributed by atoms with Crippen molar-refractivity contribution in [2.24, 2.45) is 5.10 Å². The predicted molar refractivity (Wildman–Crippen MR) is 77.6 cm³/mol. The van der Waals surface area contributed by atoms with Gasteiger partial charge in [0.25, 0.3) is 0 Å². The van der Waals surface area contributed by atoms with Gasteiger partial charge in [-0.3, -0.25) is 0 Å². The molecule has 1 aromatic carbocycles. The van der Waals surface area contributed by atoms with Crippen LogP contribution in [-0.4, -0.2) is 17.8 Å². The van der Waals surface area contributed by atoms with E-state index < -0.39 is 0 Å². The lowest BCUT2D eigenvalue weighted by atomic mass is 10.1. The molecule has 1 aromatic rings. The van der Waals surface area contributed by atoms with Gasteiger partial charge in [-0.05, 0) is 37.5 Å². The normalized spacial score (nSPS) is 16.4. The summed E-state index contributed by atoms with van der Waals surface area (Å²) in [6.45, 7) is 1.83. The first-order chi connectivity index (χ1) is 9.15. The summed E-state index contributed by atoms with van der Waals surface area (Å²) in [5.41, 5.74) is 4.14. The van der Waals surface area contributed by atoms with Gasteiger partial charge in [0.2, 0.25) is 0 Å². The molecular weight excluding hydrogens is 262 g/mol. The summed E-state index contributed by atoms with van der Waals surface area (Å²) in [6, 6.07) is 7.43. The monoisotopic (exact) mass is 279 g/mol. The van der Waals surface area contributed by atoms with E-state index in [-0.39, 0.29) is 6.03 Å². The van der Waals surface area contributed by atoms with Crippen molar-refractivity contribution in [1.82, 2.24) is 10.7 Å². The molecule has 0 unspecified atom stereocenters. The van der Waals surface area contributed by atoms with Gasteiger partial charge in [-0.1, -0.05) is 36.6 Å². The number of urea groups is 1. The van der Waals surface area contributed by atoms with Crippen molar-refractivity contribution in [2.75, 3.05) is 0 Å². The maximum absolute atomic E-state index is 11.6. The minimum Gasteiger partial charge on any atom is -0.334 e. The molecule has 0 spiro atoms. The Balaban J connectivity index is 1.88. The van der Waals surface area contributed by atoms with E-state index >= 15 is 0 Å². The second kappa shape index (κ2) is 6.57. The van der Waals surface area contributed by atoms with Gasteiger partial charge < -0.3 is 5.32 Å². The lowest BCUT2D eigenvalue weighted by molar-refractivity contribution is 0.237. The molecule has 1 aliphatic rings. The lowest BCUT2D eigenvalue weighted by Gasteiger charge is -2.11. The van der Waals surface area contributed by atoms with Gasteiger partial charge in [-0.15, -0.1) is 0 Å². The number of amides is 2. The number of hydrogen-bond acceptors (Lipinski definition) is 2. The molecular formula is C14H18ClN3O. The van der Waals surface area contributed by atoms with Crippen LogP contribution in [0.25, 0.3) is 0 Å². The summed E-state index contributed by atoms with van der Waals surface area (Å²) in [7, 11) is 0. The Kier molecular flexibility index (Phi) is 4.80. The molecule has 1 fully saturated rings. The molecule has 0 aromatic heterocycles. The van der Waals surface area contributed by atoms with Crippen LogP contribution >= 0.6 is 11.6 Å². The molecule has 0 radical (unpaired) electrons. The molecule has 2 amide bonds. The van der Waals surface area contributed by atoms with Crippen LogP contribution in [0.4, 0.5) is 4.79 Å². The van der Waals surface area contributed by atoms with Gasteiger partial charge >= 0.3 is 6.03 Å². The van der Waals surface area contributed by atoms with Crippen LogP contribution in [0.15, 0.2) is 29.4 Å². The molecule has 0 heterocycles. The van der Waals surface area contributed by atoms with Crippen molar-refractivity contribution in [3.63, 3.8) is 0 Å². The van der Waals surface area contributed by atoms with Crippen LogP contribution in [0, 0.1) is 0 Å². The Hall–Kier alpha value is -1.55. The third-order valence-corrected chi connectivity index (χ3v) is 3.49. The molecule has 1 aliphatic carbocycles. The number of nitrogens with one attached hydrogen (secondary N) is 2. The zero-order chi connectivity index (χ0) is 13.7. The summed E-state index contributed by atoms with van der Waals surface area (Å²) in [6.07, 6.45) is 4.50. The Bertz CT molecular complexity index is 481. The third-order valence-electron chi connectivity index (χ3n) is 3.26. The van der Waals surface area contributed by atoms with E-state index in [4.69, 9.17) is 11.6 Å². The van der Waals surface area contributed by atoms with E-state index in [2.05, 4.69) is 15.8 Å². The summed E-state index contributed by atoms with van der Waals surface area (Å²) < 4.78 is 0. The van der Waals surface area contributed by atoms with Crippen molar-refractivity contribution in [3.05, 3.63) is 34.9 Å². The average Bonchev–Trinajstić information content (AvgIpc) is 2.88. The molecule has 0 aliphatic heterocycles. The number of hydrogen-bond donors (Lipinski definition) is 2. The van der Waals surface area contributed by atoms with Gasteiger partial charge in [0, 0.05) is 11.1 Å². The fraction of sp³-hybridized carbons (Fsp3) is 0.429. The average molecular weight is 280 g/mol. The summed E-state index contributed by atoms with van der Waals surface area (Å²) in [5, 5.41) is 7.64. The van der Waals surface area contributed by atoms with E-state index in [0.717, 1.165) is 24.1 Å². The Morgan fingerprint density at radius 2 is 2.11 bits per heavy atom. The fourth-order valence-corrected chi connectivity index (χ4v) is 2.39. The molecule has 4 nitrogen and oxygen atoms in total. The highest BCUT2D eigenvalue weighted by atomic mass is 35.5. The predicted octanol–water partition coefficient (Wildman–Crippen LogP) is 3.31. The van der Waals surface area contributed by atoms with Gasteiger partial charge in [-0.2, -0.15) is 5.10 Å². The number of nitrogens with zero attached hydrogens (tertiary/aromatic N) is 1. The lowest BCUT2D eigenvalue weighted by Crippen LogP contribution is -2.39. The van der Waals surface area contributed by atoms with Gasteiger partial charge in [0.1, 0.15) is 0 Å². The summed E-state index contributed by atoms with van der Waals surface area (Å²) in [4.78, 5) is 11.6. The van der Waals surface area contributed by atoms with Crippen LogP contribution in [0.5, 0.6) is 0 Å². The SMILES string of the molecule is C/C(=N\NC(=O)NC1CCCC1)c1cccc(Cl)c1. The second-order valence-electron chi connectivity index (χ2n) is 4.77. The summed E-state index contributed by atoms with van der Waals surface area (Å²) >= 11 is 5.91. The first-order valence-corrected chi connectivity index (χ1v) is 6.89. The van der Waals surface area contributed by atoms with Crippen LogP contribution < -0.4 is 10.7 Å². The molecule has 5 heteroatoms. The van der Waals surface area contributed by atoms with Crippen LogP contribution in [0.3, 0.4) is 0 Å². The fourth-order valence-electron chi connectivity index (χ4n) is 2.20. The maximum Gasteiger partial charge on any atom is 0.335 e. The Morgan fingerprint density at radius 1 is 1.37 bits per heavy atom. The highest BCUT2D eigenvalue weighted by Crippen LogP contribution is 2.17. The van der Waals surface area contributed by atoms with Crippen LogP contribution in [-0.2, 0) is 0 Å². The number of carbonyl (C=O) groups excluding carboxylic acids is 1. The number of hydrazone groups is 1. The Morgan fingerprint density at radius 3 is 2.79 bits per heavy atom. The topological polar surface area (TPSA) is 53.5 Å². The highest BCUT2D eigenvalue weighted by Gasteiger charge is 2.16. The summed E-state index contributed by atoms with van der Waals surface area (Å²) in [5.74, 6) is 0. The van der Waals surface area contributed by atoms with E-state index in [1.165, 1.54) is 12.8 Å². The van der Waals surface area contributed by atoms with E-state index in [9.17, 15) is 4.79 Å². The number of carbonyl (C=O) groups is 1. The second-order valence-corrected chi connectivity index (χ2v) is 5.21. The highest BCUT2D eigenvalue weighted by molar-refractivity contribution is 6.31. The minimum atomic E-state index is -0.242. The number of benzene rings is 1. The zero-order valence-electron chi connectivity index (χ0n) is 10.9. The molecule has 102 valence electrons. The van der Waals surface area contributed by atoms with Crippen molar-refractivity contribution in [1.29, 1.82) is 0 Å². The van der Waals surface area contributed by atoms with E-state index in [1.54, 1.807) is 6.07 Å². The van der Waals surface area contributed by atoms with Crippen molar-refractivity contribution in [3.8, 4) is 0 Å². The number of rotatable bonds is 3. The standard InChI is InChI=1S/C14H18ClN3O/c1-10(11-5-4-6-12(15)9-11)17-18-14(19)16-13-7-2-3-8-13/h4-6,9,13H,2-3,7-8H2,1H3,(H2,16,18,19)/b17-10+. The molecule has 0 atom stereocenters. The maximum atomic E-state index is 11.6. The van der Waals surface area contributed by atoms with E-state index in [0.29, 0.717) is 11.1 Å². The zero-order valence-corrected chi connectivity index (χ0v) is 11.7. The van der Waals surface area contributed by atoms with E-state index in [1.807, 2.05) is 25.1 Å². The smallest absolute Gasteiger partial charge is 0.334 e. The minimum absolute atomic E-state index is 0.242. The number of halogens is 1.